The van der Waals surface area contributed by atoms with Gasteiger partial charge in [0.1, 0.15) is 5.39 Å². The number of benzene rings is 3. The van der Waals surface area contributed by atoms with Crippen molar-refractivity contribution in [2.45, 2.75) is 0 Å². The third kappa shape index (κ3) is 1.71. The Hall–Kier alpha value is -2.98. The number of fused-ring (bicyclic) bond motifs is 6. The highest BCUT2D eigenvalue weighted by Crippen LogP contribution is 2.31. The second kappa shape index (κ2) is 4.76. The predicted molar refractivity (Wildman–Crippen MR) is 101 cm³/mol. The molecule has 114 valence electrons. The first-order chi connectivity index (χ1) is 11.7. The van der Waals surface area contributed by atoms with Gasteiger partial charge >= 0.3 is 0 Å². The maximum atomic E-state index is 12.8. The van der Waals surface area contributed by atoms with E-state index in [-0.39, 0.29) is 16.4 Å². The zero-order chi connectivity index (χ0) is 16.3. The second-order valence-corrected chi connectivity index (χ2v) is 6.85. The fourth-order valence-electron chi connectivity index (χ4n) is 3.31. The van der Waals surface area contributed by atoms with Gasteiger partial charge in [0.2, 0.25) is 5.43 Å². The summed E-state index contributed by atoms with van der Waals surface area (Å²) in [6.07, 6.45) is 0. The summed E-state index contributed by atoms with van der Waals surface area (Å²) in [5.74, 6) is 0. The average Bonchev–Trinajstić information content (AvgIpc) is 2.61. The van der Waals surface area contributed by atoms with Crippen LogP contribution in [-0.2, 0) is 0 Å². The standard InChI is InChI=1S/C20H11NO2S/c22-18-13-7-3-4-8-15(13)24-19-14-10-9-11-5-1-2-6-12(11)17(14)21-20(23)16(18)19/h1-10H,(H,21,23). The molecule has 5 rings (SSSR count). The minimum atomic E-state index is -0.319. The molecular formula is C20H11NO2S. The van der Waals surface area contributed by atoms with Gasteiger partial charge in [-0.25, -0.2) is 0 Å². The van der Waals surface area contributed by atoms with Gasteiger partial charge in [0.15, 0.2) is 0 Å². The summed E-state index contributed by atoms with van der Waals surface area (Å²) in [5, 5.41) is 3.81. The van der Waals surface area contributed by atoms with Gasteiger partial charge in [0.05, 0.1) is 10.2 Å². The lowest BCUT2D eigenvalue weighted by Gasteiger charge is -2.07. The summed E-state index contributed by atoms with van der Waals surface area (Å²) in [7, 11) is 0. The van der Waals surface area contributed by atoms with Crippen LogP contribution >= 0.6 is 11.3 Å². The van der Waals surface area contributed by atoms with Crippen molar-refractivity contribution in [1.29, 1.82) is 0 Å². The van der Waals surface area contributed by atoms with E-state index in [1.165, 1.54) is 11.3 Å². The lowest BCUT2D eigenvalue weighted by atomic mass is 10.1. The third-order valence-electron chi connectivity index (χ3n) is 4.44. The third-order valence-corrected chi connectivity index (χ3v) is 5.64. The maximum Gasteiger partial charge on any atom is 0.261 e. The van der Waals surface area contributed by atoms with E-state index in [1.807, 2.05) is 54.6 Å². The summed E-state index contributed by atoms with van der Waals surface area (Å²) in [6.45, 7) is 0. The van der Waals surface area contributed by atoms with Crippen LogP contribution in [-0.4, -0.2) is 4.98 Å². The van der Waals surface area contributed by atoms with E-state index in [2.05, 4.69) is 4.98 Å². The van der Waals surface area contributed by atoms with Gasteiger partial charge in [0, 0.05) is 20.9 Å². The zero-order valence-corrected chi connectivity index (χ0v) is 13.3. The molecule has 0 fully saturated rings. The second-order valence-electron chi connectivity index (χ2n) is 5.79. The first-order valence-electron chi connectivity index (χ1n) is 7.63. The van der Waals surface area contributed by atoms with Crippen molar-refractivity contribution in [3.05, 3.63) is 81.2 Å². The number of hydrogen-bond acceptors (Lipinski definition) is 3. The fourth-order valence-corrected chi connectivity index (χ4v) is 4.51. The number of hydrogen-bond donors (Lipinski definition) is 1. The van der Waals surface area contributed by atoms with Gasteiger partial charge in [-0.1, -0.05) is 48.5 Å². The van der Waals surface area contributed by atoms with Crippen LogP contribution in [0.3, 0.4) is 0 Å². The van der Waals surface area contributed by atoms with Gasteiger partial charge in [-0.15, -0.1) is 11.3 Å². The van der Waals surface area contributed by atoms with Gasteiger partial charge in [-0.05, 0) is 17.5 Å². The largest absolute Gasteiger partial charge is 0.321 e. The van der Waals surface area contributed by atoms with Crippen LogP contribution in [0.2, 0.25) is 0 Å². The molecule has 4 heteroatoms. The van der Waals surface area contributed by atoms with Crippen LogP contribution in [0.1, 0.15) is 0 Å². The highest BCUT2D eigenvalue weighted by Gasteiger charge is 2.13. The minimum Gasteiger partial charge on any atom is -0.321 e. The number of nitrogens with one attached hydrogen (secondary N) is 1. The normalized spacial score (nSPS) is 11.7. The van der Waals surface area contributed by atoms with Crippen LogP contribution in [0, 0.1) is 0 Å². The van der Waals surface area contributed by atoms with E-state index in [0.29, 0.717) is 5.39 Å². The predicted octanol–water partition coefficient (Wildman–Crippen LogP) is 4.41. The first kappa shape index (κ1) is 13.5. The average molecular weight is 329 g/mol. The van der Waals surface area contributed by atoms with Gasteiger partial charge in [-0.3, -0.25) is 9.59 Å². The van der Waals surface area contributed by atoms with Gasteiger partial charge in [0.25, 0.3) is 5.56 Å². The van der Waals surface area contributed by atoms with Crippen molar-refractivity contribution in [2.24, 2.45) is 0 Å². The molecule has 2 aromatic heterocycles. The molecule has 0 bridgehead atoms. The van der Waals surface area contributed by atoms with Gasteiger partial charge in [-0.2, -0.15) is 0 Å². The maximum absolute atomic E-state index is 12.8. The number of aromatic nitrogens is 1. The van der Waals surface area contributed by atoms with Gasteiger partial charge < -0.3 is 4.98 Å². The topological polar surface area (TPSA) is 49.9 Å². The number of rotatable bonds is 0. The molecule has 0 radical (unpaired) electrons. The Morgan fingerprint density at radius 2 is 1.50 bits per heavy atom. The molecule has 0 atom stereocenters. The molecule has 0 aliphatic rings. The molecule has 0 saturated heterocycles. The fraction of sp³-hybridized carbons (Fsp3) is 0. The molecule has 0 spiro atoms. The Labute approximate surface area is 139 Å². The van der Waals surface area contributed by atoms with E-state index in [9.17, 15) is 9.59 Å². The zero-order valence-electron chi connectivity index (χ0n) is 12.5. The number of pyridine rings is 1. The molecule has 1 N–H and O–H groups in total. The quantitative estimate of drug-likeness (QED) is 0.338. The van der Waals surface area contributed by atoms with Crippen LogP contribution in [0.15, 0.2) is 70.3 Å². The molecule has 3 nitrogen and oxygen atoms in total. The summed E-state index contributed by atoms with van der Waals surface area (Å²) in [6, 6.07) is 19.4. The van der Waals surface area contributed by atoms with E-state index in [1.54, 1.807) is 6.07 Å². The molecule has 0 aliphatic carbocycles. The van der Waals surface area contributed by atoms with E-state index < -0.39 is 0 Å². The molecule has 0 aliphatic heterocycles. The lowest BCUT2D eigenvalue weighted by Crippen LogP contribution is -2.15. The Kier molecular flexibility index (Phi) is 2.67. The van der Waals surface area contributed by atoms with E-state index >= 15 is 0 Å². The molecule has 3 aromatic carbocycles. The molecule has 0 saturated carbocycles. The number of aromatic amines is 1. The van der Waals surface area contributed by atoms with Crippen LogP contribution in [0.4, 0.5) is 0 Å². The van der Waals surface area contributed by atoms with Crippen molar-refractivity contribution < 1.29 is 0 Å². The monoisotopic (exact) mass is 329 g/mol. The Morgan fingerprint density at radius 3 is 2.38 bits per heavy atom. The van der Waals surface area contributed by atoms with Crippen molar-refractivity contribution in [3.63, 3.8) is 0 Å². The smallest absolute Gasteiger partial charge is 0.261 e. The lowest BCUT2D eigenvalue weighted by molar-refractivity contribution is 1.35. The summed E-state index contributed by atoms with van der Waals surface area (Å²) in [4.78, 5) is 28.4. The van der Waals surface area contributed by atoms with Crippen molar-refractivity contribution in [2.75, 3.05) is 0 Å². The number of H-pyrrole nitrogens is 1. The van der Waals surface area contributed by atoms with Crippen molar-refractivity contribution in [1.82, 2.24) is 4.98 Å². The van der Waals surface area contributed by atoms with Crippen molar-refractivity contribution in [3.8, 4) is 0 Å². The molecule has 0 amide bonds. The highest BCUT2D eigenvalue weighted by atomic mass is 32.1. The Bertz CT molecular complexity index is 1400. The first-order valence-corrected chi connectivity index (χ1v) is 8.45. The van der Waals surface area contributed by atoms with Crippen LogP contribution < -0.4 is 11.0 Å². The molecule has 0 unspecified atom stereocenters. The van der Waals surface area contributed by atoms with Crippen molar-refractivity contribution >= 4 is 53.2 Å². The molecule has 5 aromatic rings. The summed E-state index contributed by atoms with van der Waals surface area (Å²) < 4.78 is 1.65. The van der Waals surface area contributed by atoms with Crippen LogP contribution in [0.5, 0.6) is 0 Å². The highest BCUT2D eigenvalue weighted by molar-refractivity contribution is 7.25. The van der Waals surface area contributed by atoms with E-state index in [4.69, 9.17) is 0 Å². The van der Waals surface area contributed by atoms with E-state index in [0.717, 1.165) is 31.1 Å². The Morgan fingerprint density at radius 1 is 0.750 bits per heavy atom. The van der Waals surface area contributed by atoms with Crippen LogP contribution in [0.25, 0.3) is 41.8 Å². The summed E-state index contributed by atoms with van der Waals surface area (Å²) >= 11 is 1.50. The summed E-state index contributed by atoms with van der Waals surface area (Å²) in [5.41, 5.74) is 0.271. The molecule has 24 heavy (non-hydrogen) atoms. The molecular weight excluding hydrogens is 318 g/mol. The molecule has 2 heterocycles. The Balaban J connectivity index is 2.14. The SMILES string of the molecule is O=c1[nH]c2c3ccccc3ccc2c2sc3ccccc3c(=O)c12. The minimum absolute atomic E-state index is 0.198.